The lowest BCUT2D eigenvalue weighted by atomic mass is 10.0. The van der Waals surface area contributed by atoms with E-state index in [1.807, 2.05) is 0 Å². The topological polar surface area (TPSA) is 101 Å². The number of cyclic esters (lactones) is 2. The second kappa shape index (κ2) is 4.69. The molecule has 0 aliphatic carbocycles. The van der Waals surface area contributed by atoms with Crippen LogP contribution in [0.1, 0.15) is 43.9 Å². The molecule has 1 fully saturated rings. The summed E-state index contributed by atoms with van der Waals surface area (Å²) in [6.07, 6.45) is 1.03. The van der Waals surface area contributed by atoms with Gasteiger partial charge in [0.15, 0.2) is 0 Å². The van der Waals surface area contributed by atoms with Crippen molar-refractivity contribution in [2.24, 2.45) is 0 Å². The van der Waals surface area contributed by atoms with Gasteiger partial charge in [-0.2, -0.15) is 0 Å². The van der Waals surface area contributed by atoms with Crippen LogP contribution in [0.15, 0.2) is 18.2 Å². The highest BCUT2D eigenvalue weighted by Gasteiger charge is 2.36. The van der Waals surface area contributed by atoms with Crippen LogP contribution in [-0.2, 0) is 9.53 Å². The molecule has 1 N–H and O–H groups in total. The summed E-state index contributed by atoms with van der Waals surface area (Å²) in [7, 11) is 0. The van der Waals surface area contributed by atoms with Gasteiger partial charge in [-0.1, -0.05) is 0 Å². The Bertz CT molecular complexity index is 680. The Morgan fingerprint density at radius 1 is 1.19 bits per heavy atom. The van der Waals surface area contributed by atoms with Gasteiger partial charge in [0.2, 0.25) is 0 Å². The molecule has 2 heterocycles. The molecular formula is C14H11NO6. The van der Waals surface area contributed by atoms with Crippen molar-refractivity contribution in [3.63, 3.8) is 0 Å². The molecule has 0 spiro atoms. The Morgan fingerprint density at radius 3 is 2.62 bits per heavy atom. The summed E-state index contributed by atoms with van der Waals surface area (Å²) in [4.78, 5) is 47.6. The van der Waals surface area contributed by atoms with E-state index in [0.717, 1.165) is 0 Å². The Balaban J connectivity index is 1.93. The molecular weight excluding hydrogens is 278 g/mol. The molecule has 1 amide bonds. The summed E-state index contributed by atoms with van der Waals surface area (Å²) in [6, 6.07) is 3.18. The lowest BCUT2D eigenvalue weighted by Crippen LogP contribution is -2.40. The minimum absolute atomic E-state index is 0.0388. The molecule has 1 saturated heterocycles. The van der Waals surface area contributed by atoms with Crippen LogP contribution in [0, 0.1) is 0 Å². The van der Waals surface area contributed by atoms with Gasteiger partial charge in [0.25, 0.3) is 5.91 Å². The number of carboxylic acids is 1. The van der Waals surface area contributed by atoms with E-state index < -0.39 is 29.9 Å². The van der Waals surface area contributed by atoms with E-state index in [1.54, 1.807) is 0 Å². The number of esters is 2. The highest BCUT2D eigenvalue weighted by atomic mass is 16.6. The largest absolute Gasteiger partial charge is 0.480 e. The zero-order chi connectivity index (χ0) is 15.1. The average Bonchev–Trinajstić information content (AvgIpc) is 3.04. The molecule has 1 atom stereocenters. The molecule has 7 heteroatoms. The fourth-order valence-electron chi connectivity index (χ4n) is 2.65. The van der Waals surface area contributed by atoms with Gasteiger partial charge in [-0.25, -0.2) is 14.4 Å². The predicted molar refractivity (Wildman–Crippen MR) is 67.9 cm³/mol. The monoisotopic (exact) mass is 289 g/mol. The van der Waals surface area contributed by atoms with Crippen molar-refractivity contribution in [3.05, 3.63) is 34.9 Å². The zero-order valence-corrected chi connectivity index (χ0v) is 10.9. The molecule has 3 rings (SSSR count). The molecule has 7 nitrogen and oxygen atoms in total. The molecule has 0 saturated carbocycles. The van der Waals surface area contributed by atoms with Crippen LogP contribution in [0.25, 0.3) is 0 Å². The number of likely N-dealkylation sites (tertiary alicyclic amines) is 1. The number of rotatable bonds is 2. The predicted octanol–water partition coefficient (Wildman–Crippen LogP) is 0.686. The minimum atomic E-state index is -1.04. The van der Waals surface area contributed by atoms with Crippen LogP contribution in [0.2, 0.25) is 0 Å². The van der Waals surface area contributed by atoms with Crippen molar-refractivity contribution < 1.29 is 29.0 Å². The van der Waals surface area contributed by atoms with Crippen molar-refractivity contribution in [1.82, 2.24) is 4.90 Å². The van der Waals surface area contributed by atoms with E-state index >= 15 is 0 Å². The molecule has 1 aromatic carbocycles. The van der Waals surface area contributed by atoms with Gasteiger partial charge in [-0.3, -0.25) is 4.79 Å². The summed E-state index contributed by atoms with van der Waals surface area (Å²) in [6.45, 7) is 0.357. The zero-order valence-electron chi connectivity index (χ0n) is 10.9. The lowest BCUT2D eigenvalue weighted by Gasteiger charge is -2.21. The fraction of sp³-hybridized carbons (Fsp3) is 0.286. The maximum Gasteiger partial charge on any atom is 0.346 e. The summed E-state index contributed by atoms with van der Waals surface area (Å²) in [5.41, 5.74) is 0.332. The Labute approximate surface area is 119 Å². The Kier molecular flexibility index (Phi) is 2.97. The maximum absolute atomic E-state index is 12.4. The summed E-state index contributed by atoms with van der Waals surface area (Å²) >= 11 is 0. The highest BCUT2D eigenvalue weighted by molar-refractivity contribution is 6.15. The smallest absolute Gasteiger partial charge is 0.346 e. The SMILES string of the molecule is O=C1OC(=O)c2cc(C(=O)N3CCCC3C(=O)O)ccc21. The second-order valence-corrected chi connectivity index (χ2v) is 4.93. The molecule has 21 heavy (non-hydrogen) atoms. The first-order valence-corrected chi connectivity index (χ1v) is 6.43. The number of hydrogen-bond donors (Lipinski definition) is 1. The van der Waals surface area contributed by atoms with Crippen molar-refractivity contribution in [2.75, 3.05) is 6.54 Å². The third-order valence-corrected chi connectivity index (χ3v) is 3.69. The highest BCUT2D eigenvalue weighted by Crippen LogP contribution is 2.24. The second-order valence-electron chi connectivity index (χ2n) is 4.93. The van der Waals surface area contributed by atoms with Crippen molar-refractivity contribution in [2.45, 2.75) is 18.9 Å². The third-order valence-electron chi connectivity index (χ3n) is 3.69. The van der Waals surface area contributed by atoms with Gasteiger partial charge in [-0.15, -0.1) is 0 Å². The van der Waals surface area contributed by atoms with Crippen LogP contribution in [0.5, 0.6) is 0 Å². The molecule has 108 valence electrons. The van der Waals surface area contributed by atoms with Gasteiger partial charge in [0.1, 0.15) is 6.04 Å². The van der Waals surface area contributed by atoms with Crippen LogP contribution < -0.4 is 0 Å². The molecule has 0 aromatic heterocycles. The number of carbonyl (C=O) groups is 4. The van der Waals surface area contributed by atoms with E-state index in [2.05, 4.69) is 4.74 Å². The number of nitrogens with zero attached hydrogens (tertiary/aromatic N) is 1. The van der Waals surface area contributed by atoms with Gasteiger partial charge >= 0.3 is 17.9 Å². The van der Waals surface area contributed by atoms with E-state index in [9.17, 15) is 19.2 Å². The molecule has 2 aliphatic heterocycles. The van der Waals surface area contributed by atoms with E-state index in [-0.39, 0.29) is 16.7 Å². The Hall–Kier alpha value is -2.70. The number of carboxylic acid groups (broad SMARTS) is 1. The van der Waals surface area contributed by atoms with Crippen LogP contribution in [0.3, 0.4) is 0 Å². The number of ether oxygens (including phenoxy) is 1. The molecule has 2 aliphatic rings. The third kappa shape index (κ3) is 2.06. The summed E-state index contributed by atoms with van der Waals surface area (Å²) < 4.78 is 4.45. The van der Waals surface area contributed by atoms with Gasteiger partial charge in [-0.05, 0) is 31.0 Å². The standard InChI is InChI=1S/C14H11NO6/c16-11(15-5-1-2-10(15)12(17)18)7-3-4-8-9(6-7)14(20)21-13(8)19/h3-4,6,10H,1-2,5H2,(H,17,18). The quantitative estimate of drug-likeness (QED) is 0.635. The normalized spacial score (nSPS) is 20.4. The number of benzene rings is 1. The number of aliphatic carboxylic acids is 1. The average molecular weight is 289 g/mol. The lowest BCUT2D eigenvalue weighted by molar-refractivity contribution is -0.141. The first-order valence-electron chi connectivity index (χ1n) is 6.43. The van der Waals surface area contributed by atoms with Crippen molar-refractivity contribution >= 4 is 23.8 Å². The minimum Gasteiger partial charge on any atom is -0.480 e. The summed E-state index contributed by atoms with van der Waals surface area (Å²) in [5, 5.41) is 9.10. The van der Waals surface area contributed by atoms with E-state index in [1.165, 1.54) is 23.1 Å². The Morgan fingerprint density at radius 2 is 1.90 bits per heavy atom. The molecule has 0 radical (unpaired) electrons. The van der Waals surface area contributed by atoms with Crippen molar-refractivity contribution in [3.8, 4) is 0 Å². The molecule has 1 unspecified atom stereocenters. The first kappa shape index (κ1) is 13.3. The number of carbonyl (C=O) groups excluding carboxylic acids is 3. The van der Waals surface area contributed by atoms with Crippen molar-refractivity contribution in [1.29, 1.82) is 0 Å². The van der Waals surface area contributed by atoms with E-state index in [4.69, 9.17) is 5.11 Å². The van der Waals surface area contributed by atoms with Crippen LogP contribution in [0.4, 0.5) is 0 Å². The van der Waals surface area contributed by atoms with Crippen LogP contribution in [-0.4, -0.2) is 46.4 Å². The van der Waals surface area contributed by atoms with E-state index in [0.29, 0.717) is 19.4 Å². The van der Waals surface area contributed by atoms with Crippen LogP contribution >= 0.6 is 0 Å². The number of hydrogen-bond acceptors (Lipinski definition) is 5. The fourth-order valence-corrected chi connectivity index (χ4v) is 2.65. The van der Waals surface area contributed by atoms with Gasteiger partial charge in [0.05, 0.1) is 11.1 Å². The van der Waals surface area contributed by atoms with Gasteiger partial charge < -0.3 is 14.7 Å². The molecule has 0 bridgehead atoms. The van der Waals surface area contributed by atoms with Gasteiger partial charge in [0, 0.05) is 12.1 Å². The molecule has 1 aromatic rings. The maximum atomic E-state index is 12.4. The number of fused-ring (bicyclic) bond motifs is 1. The number of amides is 1. The summed E-state index contributed by atoms with van der Waals surface area (Å²) in [5.74, 6) is -3.04. The first-order chi connectivity index (χ1) is 9.99.